The molecule has 3 rings (SSSR count). The number of fused-ring (bicyclic) bond motifs is 1. The Balaban J connectivity index is 0.00000161. The number of halogens is 4. The topological polar surface area (TPSA) is 47.0 Å². The van der Waals surface area contributed by atoms with Gasteiger partial charge in [-0.1, -0.05) is 11.3 Å². The van der Waals surface area contributed by atoms with Gasteiger partial charge in [0.05, 0.1) is 0 Å². The summed E-state index contributed by atoms with van der Waals surface area (Å²) in [6.07, 6.45) is -0.864. The molecule has 0 radical (unpaired) electrons. The summed E-state index contributed by atoms with van der Waals surface area (Å²) in [5.41, 5.74) is 0.748. The van der Waals surface area contributed by atoms with Gasteiger partial charge in [-0.3, -0.25) is 0 Å². The molecule has 0 aliphatic carbocycles. The van der Waals surface area contributed by atoms with Gasteiger partial charge < -0.3 is 24.0 Å². The average molecular weight is 427 g/mol. The third kappa shape index (κ3) is 3.00. The van der Waals surface area contributed by atoms with Gasteiger partial charge >= 0.3 is 6.18 Å². The highest BCUT2D eigenvalue weighted by molar-refractivity contribution is 7.19. The Morgan fingerprint density at radius 1 is 1.24 bits per heavy atom. The molecule has 0 amide bonds. The van der Waals surface area contributed by atoms with E-state index in [4.69, 9.17) is 0 Å². The minimum Gasteiger partial charge on any atom is -1.00 e. The Hall–Kier alpha value is -1.30. The minimum atomic E-state index is -4.56. The highest BCUT2D eigenvalue weighted by atomic mass is 127. The van der Waals surface area contributed by atoms with Crippen LogP contribution in [0.5, 0.6) is 0 Å². The molecule has 0 bridgehead atoms. The van der Waals surface area contributed by atoms with Crippen LogP contribution in [0.3, 0.4) is 0 Å². The highest BCUT2D eigenvalue weighted by Gasteiger charge is 2.38. The Kier molecular flexibility index (Phi) is 4.46. The molecule has 0 saturated carbocycles. The lowest BCUT2D eigenvalue weighted by atomic mass is 10.3. The molecule has 0 aliphatic rings. The molecular formula is C11H9F3IN5S. The molecule has 0 fully saturated rings. The van der Waals surface area contributed by atoms with Crippen LogP contribution < -0.4 is 28.5 Å². The maximum absolute atomic E-state index is 12.7. The van der Waals surface area contributed by atoms with Crippen LogP contribution in [0.15, 0.2) is 24.5 Å². The molecule has 0 aromatic carbocycles. The molecule has 0 aliphatic heterocycles. The number of aromatic nitrogens is 5. The van der Waals surface area contributed by atoms with Gasteiger partial charge in [0.1, 0.15) is 11.6 Å². The van der Waals surface area contributed by atoms with Crippen LogP contribution in [0, 0.1) is 0 Å². The Morgan fingerprint density at radius 2 is 1.90 bits per heavy atom. The zero-order valence-corrected chi connectivity index (χ0v) is 13.6. The van der Waals surface area contributed by atoms with E-state index in [1.807, 2.05) is 36.0 Å². The van der Waals surface area contributed by atoms with Gasteiger partial charge in [0.2, 0.25) is 4.96 Å². The maximum atomic E-state index is 12.7. The summed E-state index contributed by atoms with van der Waals surface area (Å²) in [7, 11) is 0. The van der Waals surface area contributed by atoms with Crippen molar-refractivity contribution in [2.24, 2.45) is 0 Å². The number of pyridine rings is 1. The average Bonchev–Trinajstić information content (AvgIpc) is 2.97. The molecule has 0 unspecified atom stereocenters. The van der Waals surface area contributed by atoms with E-state index in [2.05, 4.69) is 15.3 Å². The monoisotopic (exact) mass is 427 g/mol. The van der Waals surface area contributed by atoms with Crippen LogP contribution in [-0.4, -0.2) is 19.8 Å². The quantitative estimate of drug-likeness (QED) is 0.397. The molecule has 3 aromatic rings. The molecule has 3 aromatic heterocycles. The number of nitrogens with zero attached hydrogens (tertiary/aromatic N) is 5. The molecule has 10 heteroatoms. The second-order valence-electron chi connectivity index (χ2n) is 4.04. The fraction of sp³-hybridized carbons (Fsp3) is 0.273. The number of alkyl halides is 3. The summed E-state index contributed by atoms with van der Waals surface area (Å²) in [5.74, 6) is -1.10. The van der Waals surface area contributed by atoms with E-state index >= 15 is 0 Å². The summed E-state index contributed by atoms with van der Waals surface area (Å²) in [4.78, 5) is 0.125. The Labute approximate surface area is 138 Å². The van der Waals surface area contributed by atoms with Crippen molar-refractivity contribution in [3.8, 4) is 10.6 Å². The van der Waals surface area contributed by atoms with Gasteiger partial charge in [0, 0.05) is 17.7 Å². The summed E-state index contributed by atoms with van der Waals surface area (Å²) >= 11 is 1.07. The smallest absolute Gasteiger partial charge is 0.453 e. The second-order valence-corrected chi connectivity index (χ2v) is 5.00. The molecule has 21 heavy (non-hydrogen) atoms. The summed E-state index contributed by atoms with van der Waals surface area (Å²) in [6, 6.07) is 3.62. The Morgan fingerprint density at radius 3 is 2.48 bits per heavy atom. The molecule has 3 heterocycles. The van der Waals surface area contributed by atoms with E-state index in [1.54, 1.807) is 0 Å². The van der Waals surface area contributed by atoms with Crippen molar-refractivity contribution in [3.05, 3.63) is 30.4 Å². The van der Waals surface area contributed by atoms with Crippen molar-refractivity contribution >= 4 is 16.3 Å². The van der Waals surface area contributed by atoms with Crippen LogP contribution in [0.4, 0.5) is 13.2 Å². The van der Waals surface area contributed by atoms with Gasteiger partial charge in [-0.05, 0) is 6.92 Å². The zero-order valence-electron chi connectivity index (χ0n) is 10.7. The predicted molar refractivity (Wildman–Crippen MR) is 65.0 cm³/mol. The van der Waals surface area contributed by atoms with Crippen LogP contribution in [0.2, 0.25) is 0 Å². The third-order valence-corrected chi connectivity index (χ3v) is 3.70. The number of hydrogen-bond acceptors (Lipinski definition) is 4. The van der Waals surface area contributed by atoms with Crippen LogP contribution in [0.25, 0.3) is 15.5 Å². The minimum absolute atomic E-state index is 0. The van der Waals surface area contributed by atoms with E-state index in [0.29, 0.717) is 5.01 Å². The van der Waals surface area contributed by atoms with Gasteiger partial charge in [-0.2, -0.15) is 22.8 Å². The highest BCUT2D eigenvalue weighted by Crippen LogP contribution is 2.31. The lowest BCUT2D eigenvalue weighted by molar-refractivity contribution is -0.693. The second kappa shape index (κ2) is 5.83. The predicted octanol–water partition coefficient (Wildman–Crippen LogP) is -0.817. The van der Waals surface area contributed by atoms with Crippen molar-refractivity contribution in [3.63, 3.8) is 0 Å². The number of rotatable bonds is 2. The zero-order chi connectivity index (χ0) is 14.3. The van der Waals surface area contributed by atoms with Crippen molar-refractivity contribution in [2.45, 2.75) is 19.6 Å². The van der Waals surface area contributed by atoms with Gasteiger partial charge in [0.15, 0.2) is 12.4 Å². The first-order chi connectivity index (χ1) is 9.49. The lowest BCUT2D eigenvalue weighted by Gasteiger charge is -2.00. The largest absolute Gasteiger partial charge is 1.00 e. The SMILES string of the molecule is CC[n+]1ccc(-c2nn3c(C(F)(F)F)nnc3s2)cc1.[I-]. The molecule has 0 spiro atoms. The van der Waals surface area contributed by atoms with Gasteiger partial charge in [-0.15, -0.1) is 10.2 Å². The first-order valence-electron chi connectivity index (χ1n) is 5.78. The standard InChI is InChI=1S/C11H9F3N5S.HI/c1-2-18-5-3-7(4-6-18)8-17-19-9(11(12,13)14)15-16-10(19)20-8;/h3-6H,2H2,1H3;1H/q+1;/p-1. The normalized spacial score (nSPS) is 11.6. The van der Waals surface area contributed by atoms with E-state index < -0.39 is 12.0 Å². The van der Waals surface area contributed by atoms with Crippen molar-refractivity contribution in [1.82, 2.24) is 19.8 Å². The van der Waals surface area contributed by atoms with Crippen molar-refractivity contribution < 1.29 is 41.7 Å². The molecule has 0 saturated heterocycles. The summed E-state index contributed by atoms with van der Waals surface area (Å²) in [6.45, 7) is 2.82. The van der Waals surface area contributed by atoms with Crippen LogP contribution in [0.1, 0.15) is 12.7 Å². The Bertz CT molecular complexity index is 749. The number of hydrogen-bond donors (Lipinski definition) is 0. The van der Waals surface area contributed by atoms with Crippen LogP contribution in [-0.2, 0) is 12.7 Å². The van der Waals surface area contributed by atoms with Crippen molar-refractivity contribution in [2.75, 3.05) is 0 Å². The molecular weight excluding hydrogens is 418 g/mol. The molecule has 0 N–H and O–H groups in total. The third-order valence-electron chi connectivity index (χ3n) is 2.75. The van der Waals surface area contributed by atoms with E-state index in [9.17, 15) is 13.2 Å². The first-order valence-corrected chi connectivity index (χ1v) is 6.59. The van der Waals surface area contributed by atoms with E-state index in [-0.39, 0.29) is 28.9 Å². The molecule has 0 atom stereocenters. The van der Waals surface area contributed by atoms with E-state index in [1.165, 1.54) is 0 Å². The number of aryl methyl sites for hydroxylation is 1. The lowest BCUT2D eigenvalue weighted by Crippen LogP contribution is -3.00. The maximum Gasteiger partial charge on any atom is 0.453 e. The van der Waals surface area contributed by atoms with E-state index in [0.717, 1.165) is 28.0 Å². The molecule has 112 valence electrons. The fourth-order valence-corrected chi connectivity index (χ4v) is 2.57. The van der Waals surface area contributed by atoms with Gasteiger partial charge in [-0.25, -0.2) is 4.57 Å². The van der Waals surface area contributed by atoms with Gasteiger partial charge in [0.25, 0.3) is 5.82 Å². The fourth-order valence-electron chi connectivity index (χ4n) is 1.72. The first kappa shape index (κ1) is 16.1. The molecule has 5 nitrogen and oxygen atoms in total. The van der Waals surface area contributed by atoms with Crippen molar-refractivity contribution in [1.29, 1.82) is 0 Å². The summed E-state index contributed by atoms with van der Waals surface area (Å²) < 4.78 is 40.8. The summed E-state index contributed by atoms with van der Waals surface area (Å²) in [5, 5.41) is 11.1. The van der Waals surface area contributed by atoms with Crippen LogP contribution >= 0.6 is 11.3 Å².